The molecule has 1 aromatic carbocycles. The third-order valence-electron chi connectivity index (χ3n) is 6.19. The van der Waals surface area contributed by atoms with E-state index >= 15 is 0 Å². The number of hydrogen-bond acceptors (Lipinski definition) is 2. The van der Waals surface area contributed by atoms with Crippen LogP contribution in [-0.2, 0) is 5.60 Å². The molecular weight excluding hydrogens is 258 g/mol. The summed E-state index contributed by atoms with van der Waals surface area (Å²) in [7, 11) is 0. The molecule has 0 heterocycles. The van der Waals surface area contributed by atoms with E-state index in [1.54, 1.807) is 0 Å². The Balaban J connectivity index is 2.00. The Morgan fingerprint density at radius 3 is 2.33 bits per heavy atom. The molecular formula is C19H25NO. The smallest absolute Gasteiger partial charge is 0.0991 e. The Bertz CT molecular complexity index is 587. The summed E-state index contributed by atoms with van der Waals surface area (Å²) < 4.78 is 0. The highest BCUT2D eigenvalue weighted by molar-refractivity contribution is 5.38. The van der Waals surface area contributed by atoms with Gasteiger partial charge in [0.05, 0.1) is 17.2 Å². The molecule has 4 atom stereocenters. The Morgan fingerprint density at radius 2 is 1.86 bits per heavy atom. The number of aliphatic hydroxyl groups is 1. The standard InChI is InChI=1S/C19H25NO/c1-17(2,3)15-9-10-18(4)11-16(15)19(18,21)14-7-5-13(12-20)6-8-14/h5-8,15-16,21H,9-11H2,1-4H3/t15-,16+,18+,19+/m1/s1. The predicted molar refractivity (Wildman–Crippen MR) is 83.4 cm³/mol. The maximum absolute atomic E-state index is 11.5. The monoisotopic (exact) mass is 283 g/mol. The van der Waals surface area contributed by atoms with Crippen molar-refractivity contribution in [3.05, 3.63) is 35.4 Å². The van der Waals surface area contributed by atoms with E-state index in [9.17, 15) is 5.11 Å². The molecule has 3 aliphatic rings. The van der Waals surface area contributed by atoms with Gasteiger partial charge in [0.1, 0.15) is 0 Å². The molecule has 0 spiro atoms. The number of benzene rings is 1. The number of nitrogens with zero attached hydrogens (tertiary/aromatic N) is 1. The van der Waals surface area contributed by atoms with Gasteiger partial charge in [-0.2, -0.15) is 5.26 Å². The van der Waals surface area contributed by atoms with E-state index in [1.807, 2.05) is 24.3 Å². The molecule has 3 saturated carbocycles. The fourth-order valence-corrected chi connectivity index (χ4v) is 4.90. The minimum Gasteiger partial charge on any atom is -0.384 e. The number of hydrogen-bond donors (Lipinski definition) is 1. The molecule has 1 N–H and O–H groups in total. The van der Waals surface area contributed by atoms with Crippen LogP contribution in [0.1, 0.15) is 58.1 Å². The summed E-state index contributed by atoms with van der Waals surface area (Å²) >= 11 is 0. The second-order valence-electron chi connectivity index (χ2n) is 8.34. The van der Waals surface area contributed by atoms with Crippen molar-refractivity contribution in [2.24, 2.45) is 22.7 Å². The van der Waals surface area contributed by atoms with Crippen LogP contribution in [0.5, 0.6) is 0 Å². The Morgan fingerprint density at radius 1 is 1.24 bits per heavy atom. The minimum atomic E-state index is -0.725. The van der Waals surface area contributed by atoms with Gasteiger partial charge >= 0.3 is 0 Å². The van der Waals surface area contributed by atoms with Crippen LogP contribution in [0.4, 0.5) is 0 Å². The first-order chi connectivity index (χ1) is 9.72. The van der Waals surface area contributed by atoms with Crippen molar-refractivity contribution in [3.8, 4) is 6.07 Å². The number of rotatable bonds is 1. The normalized spacial score (nSPS) is 38.5. The highest BCUT2D eigenvalue weighted by Crippen LogP contribution is 2.70. The maximum Gasteiger partial charge on any atom is 0.0991 e. The van der Waals surface area contributed by atoms with Crippen LogP contribution in [0.25, 0.3) is 0 Å². The zero-order chi connectivity index (χ0) is 15.5. The SMILES string of the molecule is CC(C)(C)[C@@H]1CC[C@@]2(C)C[C@@H]1[C@@]2(O)c1ccc(C#N)cc1. The molecule has 0 aromatic heterocycles. The van der Waals surface area contributed by atoms with Crippen LogP contribution in [0.2, 0.25) is 0 Å². The Hall–Kier alpha value is -1.33. The van der Waals surface area contributed by atoms with Crippen LogP contribution in [0.3, 0.4) is 0 Å². The van der Waals surface area contributed by atoms with Crippen molar-refractivity contribution in [2.45, 2.75) is 52.6 Å². The summed E-state index contributed by atoms with van der Waals surface area (Å²) in [6.07, 6.45) is 3.41. The van der Waals surface area contributed by atoms with E-state index in [4.69, 9.17) is 5.26 Å². The molecule has 3 aliphatic carbocycles. The molecule has 3 fully saturated rings. The van der Waals surface area contributed by atoms with Crippen LogP contribution >= 0.6 is 0 Å². The highest BCUT2D eigenvalue weighted by Gasteiger charge is 2.68. The van der Waals surface area contributed by atoms with Crippen molar-refractivity contribution in [1.29, 1.82) is 5.26 Å². The van der Waals surface area contributed by atoms with Crippen LogP contribution in [-0.4, -0.2) is 5.11 Å². The van der Waals surface area contributed by atoms with Gasteiger partial charge in [-0.15, -0.1) is 0 Å². The van der Waals surface area contributed by atoms with Gasteiger partial charge in [0.25, 0.3) is 0 Å². The second-order valence-corrected chi connectivity index (χ2v) is 8.34. The zero-order valence-electron chi connectivity index (χ0n) is 13.5. The van der Waals surface area contributed by atoms with Crippen LogP contribution in [0, 0.1) is 34.0 Å². The number of nitriles is 1. The first-order valence-electron chi connectivity index (χ1n) is 7.95. The van der Waals surface area contributed by atoms with E-state index in [1.165, 1.54) is 6.42 Å². The van der Waals surface area contributed by atoms with Crippen molar-refractivity contribution >= 4 is 0 Å². The average Bonchev–Trinajstić information content (AvgIpc) is 2.45. The zero-order valence-corrected chi connectivity index (χ0v) is 13.5. The van der Waals surface area contributed by atoms with Crippen LogP contribution < -0.4 is 0 Å². The van der Waals surface area contributed by atoms with Crippen LogP contribution in [0.15, 0.2) is 24.3 Å². The molecule has 0 unspecified atom stereocenters. The lowest BCUT2D eigenvalue weighted by molar-refractivity contribution is -0.277. The molecule has 4 rings (SSSR count). The summed E-state index contributed by atoms with van der Waals surface area (Å²) in [5.74, 6) is 0.893. The molecule has 2 nitrogen and oxygen atoms in total. The molecule has 1 aromatic rings. The summed E-state index contributed by atoms with van der Waals surface area (Å²) in [5, 5.41) is 20.5. The lowest BCUT2D eigenvalue weighted by Crippen LogP contribution is -2.67. The van der Waals surface area contributed by atoms with Gasteiger partial charge < -0.3 is 5.11 Å². The third kappa shape index (κ3) is 1.87. The lowest BCUT2D eigenvalue weighted by Gasteiger charge is -2.68. The van der Waals surface area contributed by atoms with E-state index in [2.05, 4.69) is 33.8 Å². The molecule has 2 heteroatoms. The van der Waals surface area contributed by atoms with Gasteiger partial charge in [0.2, 0.25) is 0 Å². The van der Waals surface area contributed by atoms with E-state index in [0.717, 1.165) is 18.4 Å². The fraction of sp³-hybridized carbons (Fsp3) is 0.632. The molecule has 0 radical (unpaired) electrons. The third-order valence-corrected chi connectivity index (χ3v) is 6.19. The van der Waals surface area contributed by atoms with Crippen molar-refractivity contribution in [2.75, 3.05) is 0 Å². The van der Waals surface area contributed by atoms with Crippen molar-refractivity contribution in [3.63, 3.8) is 0 Å². The summed E-state index contributed by atoms with van der Waals surface area (Å²) in [6.45, 7) is 9.09. The van der Waals surface area contributed by atoms with Gasteiger partial charge in [0, 0.05) is 5.41 Å². The first kappa shape index (κ1) is 14.6. The molecule has 0 saturated heterocycles. The quantitative estimate of drug-likeness (QED) is 0.838. The maximum atomic E-state index is 11.5. The molecule has 21 heavy (non-hydrogen) atoms. The Kier molecular flexibility index (Phi) is 3.01. The second kappa shape index (κ2) is 4.34. The highest BCUT2D eigenvalue weighted by atomic mass is 16.3. The minimum absolute atomic E-state index is 0.00637. The molecule has 0 amide bonds. The van der Waals surface area contributed by atoms with Gasteiger partial charge in [-0.05, 0) is 54.2 Å². The first-order valence-corrected chi connectivity index (χ1v) is 7.95. The fourth-order valence-electron chi connectivity index (χ4n) is 4.90. The summed E-state index contributed by atoms with van der Waals surface area (Å²) in [6, 6.07) is 9.72. The molecule has 0 aliphatic heterocycles. The summed E-state index contributed by atoms with van der Waals surface area (Å²) in [5.41, 5.74) is 1.15. The van der Waals surface area contributed by atoms with Gasteiger partial charge in [0.15, 0.2) is 0 Å². The van der Waals surface area contributed by atoms with E-state index in [0.29, 0.717) is 17.4 Å². The Labute approximate surface area is 127 Å². The van der Waals surface area contributed by atoms with Gasteiger partial charge in [-0.3, -0.25) is 0 Å². The van der Waals surface area contributed by atoms with Crippen molar-refractivity contribution < 1.29 is 5.11 Å². The van der Waals surface area contributed by atoms with E-state index in [-0.39, 0.29) is 10.8 Å². The largest absolute Gasteiger partial charge is 0.384 e. The van der Waals surface area contributed by atoms with Crippen molar-refractivity contribution in [1.82, 2.24) is 0 Å². The lowest BCUT2D eigenvalue weighted by atomic mass is 9.38. The summed E-state index contributed by atoms with van der Waals surface area (Å²) in [4.78, 5) is 0. The number of fused-ring (bicyclic) bond motifs is 2. The van der Waals surface area contributed by atoms with Gasteiger partial charge in [-0.1, -0.05) is 39.8 Å². The average molecular weight is 283 g/mol. The molecule has 112 valence electrons. The molecule has 2 bridgehead atoms. The van der Waals surface area contributed by atoms with E-state index < -0.39 is 5.60 Å². The predicted octanol–water partition coefficient (Wildman–Crippen LogP) is 4.23. The van der Waals surface area contributed by atoms with Gasteiger partial charge in [-0.25, -0.2) is 0 Å². The topological polar surface area (TPSA) is 44.0 Å².